The van der Waals surface area contributed by atoms with Crippen molar-refractivity contribution in [3.8, 4) is 0 Å². The van der Waals surface area contributed by atoms with Gasteiger partial charge in [-0.25, -0.2) is 5.06 Å². The molecule has 0 bridgehead atoms. The highest BCUT2D eigenvalue weighted by Gasteiger charge is 2.19. The molecule has 1 atom stereocenters. The number of hydrogen-bond donors (Lipinski definition) is 1. The Labute approximate surface area is 101 Å². The maximum absolute atomic E-state index is 11.7. The second kappa shape index (κ2) is 5.80. The van der Waals surface area contributed by atoms with Gasteiger partial charge in [-0.15, -0.1) is 0 Å². The average molecular weight is 234 g/mol. The van der Waals surface area contributed by atoms with Crippen molar-refractivity contribution in [2.24, 2.45) is 5.73 Å². The maximum atomic E-state index is 11.7. The van der Waals surface area contributed by atoms with E-state index in [2.05, 4.69) is 0 Å². The van der Waals surface area contributed by atoms with Gasteiger partial charge in [0.2, 0.25) is 5.91 Å². The van der Waals surface area contributed by atoms with Crippen LogP contribution in [0.3, 0.4) is 0 Å². The van der Waals surface area contributed by atoms with Crippen molar-refractivity contribution in [2.45, 2.75) is 25.3 Å². The second-order valence-electron chi connectivity index (χ2n) is 4.24. The minimum Gasteiger partial charge on any atom is -0.324 e. The Bertz CT molecular complexity index is 361. The lowest BCUT2D eigenvalue weighted by atomic mass is 10.0. The number of hydrogen-bond acceptors (Lipinski definition) is 3. The SMILES string of the molecule is NC(CCC(=O)N1CCCO1)c1ccccc1. The normalized spacial score (nSPS) is 17.1. The van der Waals surface area contributed by atoms with Gasteiger partial charge in [-0.05, 0) is 18.4 Å². The molecule has 1 heterocycles. The Hall–Kier alpha value is -1.39. The van der Waals surface area contributed by atoms with Crippen LogP contribution in [0.5, 0.6) is 0 Å². The number of amides is 1. The quantitative estimate of drug-likeness (QED) is 0.861. The molecule has 92 valence electrons. The molecule has 1 saturated heterocycles. The van der Waals surface area contributed by atoms with Crippen LogP contribution in [0.1, 0.15) is 30.9 Å². The molecule has 0 saturated carbocycles. The molecule has 1 aliphatic heterocycles. The summed E-state index contributed by atoms with van der Waals surface area (Å²) in [5.41, 5.74) is 7.10. The summed E-state index contributed by atoms with van der Waals surface area (Å²) in [5.74, 6) is 0.0360. The minimum absolute atomic E-state index is 0.0360. The fourth-order valence-corrected chi connectivity index (χ4v) is 1.91. The molecule has 1 aliphatic rings. The molecule has 1 fully saturated rings. The average Bonchev–Trinajstić information content (AvgIpc) is 2.90. The molecule has 1 amide bonds. The second-order valence-corrected chi connectivity index (χ2v) is 4.24. The number of carbonyl (C=O) groups excluding carboxylic acids is 1. The molecule has 4 nitrogen and oxygen atoms in total. The molecule has 1 aromatic rings. The first kappa shape index (κ1) is 12.1. The minimum atomic E-state index is -0.0808. The molecule has 2 N–H and O–H groups in total. The van der Waals surface area contributed by atoms with Crippen LogP contribution in [0.4, 0.5) is 0 Å². The van der Waals surface area contributed by atoms with Crippen molar-refractivity contribution in [1.82, 2.24) is 5.06 Å². The molecular weight excluding hydrogens is 216 g/mol. The molecule has 0 radical (unpaired) electrons. The highest BCUT2D eigenvalue weighted by atomic mass is 16.7. The highest BCUT2D eigenvalue weighted by Crippen LogP contribution is 2.16. The van der Waals surface area contributed by atoms with Crippen LogP contribution < -0.4 is 5.73 Å². The molecule has 4 heteroatoms. The van der Waals surface area contributed by atoms with Crippen LogP contribution in [0.15, 0.2) is 30.3 Å². The van der Waals surface area contributed by atoms with Gasteiger partial charge in [-0.2, -0.15) is 0 Å². The fraction of sp³-hybridized carbons (Fsp3) is 0.462. The first-order valence-corrected chi connectivity index (χ1v) is 6.01. The third-order valence-corrected chi connectivity index (χ3v) is 2.93. The zero-order valence-corrected chi connectivity index (χ0v) is 9.84. The fourth-order valence-electron chi connectivity index (χ4n) is 1.91. The van der Waals surface area contributed by atoms with Gasteiger partial charge in [0.15, 0.2) is 0 Å². The predicted molar refractivity (Wildman–Crippen MR) is 64.9 cm³/mol. The van der Waals surface area contributed by atoms with Gasteiger partial charge in [0.1, 0.15) is 0 Å². The van der Waals surface area contributed by atoms with Crippen LogP contribution in [0.2, 0.25) is 0 Å². The molecular formula is C13H18N2O2. The lowest BCUT2D eigenvalue weighted by Gasteiger charge is -2.16. The van der Waals surface area contributed by atoms with E-state index in [4.69, 9.17) is 10.6 Å². The van der Waals surface area contributed by atoms with Crippen LogP contribution in [-0.2, 0) is 9.63 Å². The van der Waals surface area contributed by atoms with Gasteiger partial charge < -0.3 is 5.73 Å². The van der Waals surface area contributed by atoms with Crippen molar-refractivity contribution in [1.29, 1.82) is 0 Å². The van der Waals surface area contributed by atoms with E-state index in [9.17, 15) is 4.79 Å². The van der Waals surface area contributed by atoms with Crippen molar-refractivity contribution < 1.29 is 9.63 Å². The Kier molecular flexibility index (Phi) is 4.12. The van der Waals surface area contributed by atoms with Gasteiger partial charge in [0.25, 0.3) is 0 Å². The first-order valence-electron chi connectivity index (χ1n) is 6.01. The molecule has 0 spiro atoms. The van der Waals surface area contributed by atoms with Crippen molar-refractivity contribution in [3.05, 3.63) is 35.9 Å². The Morgan fingerprint density at radius 3 is 2.82 bits per heavy atom. The summed E-state index contributed by atoms with van der Waals surface area (Å²) in [6.45, 7) is 1.36. The van der Waals surface area contributed by atoms with Gasteiger partial charge >= 0.3 is 0 Å². The highest BCUT2D eigenvalue weighted by molar-refractivity contribution is 5.75. The molecule has 0 aliphatic carbocycles. The third-order valence-electron chi connectivity index (χ3n) is 2.93. The van der Waals surface area contributed by atoms with Gasteiger partial charge in [0.05, 0.1) is 13.2 Å². The zero-order valence-electron chi connectivity index (χ0n) is 9.84. The molecule has 2 rings (SSSR count). The Morgan fingerprint density at radius 2 is 2.18 bits per heavy atom. The van der Waals surface area contributed by atoms with E-state index >= 15 is 0 Å². The monoisotopic (exact) mass is 234 g/mol. The summed E-state index contributed by atoms with van der Waals surface area (Å²) in [5, 5.41) is 1.46. The van der Waals surface area contributed by atoms with Gasteiger partial charge in [-0.1, -0.05) is 30.3 Å². The number of hydroxylamine groups is 2. The number of carbonyl (C=O) groups is 1. The summed E-state index contributed by atoms with van der Waals surface area (Å²) in [6, 6.07) is 9.77. The van der Waals surface area contributed by atoms with E-state index < -0.39 is 0 Å². The molecule has 0 aromatic heterocycles. The Balaban J connectivity index is 1.80. The summed E-state index contributed by atoms with van der Waals surface area (Å²) >= 11 is 0. The number of nitrogens with zero attached hydrogens (tertiary/aromatic N) is 1. The van der Waals surface area contributed by atoms with E-state index in [0.29, 0.717) is 26.0 Å². The first-order chi connectivity index (χ1) is 8.27. The topological polar surface area (TPSA) is 55.6 Å². The predicted octanol–water partition coefficient (Wildman–Crippen LogP) is 1.63. The van der Waals surface area contributed by atoms with Crippen molar-refractivity contribution >= 4 is 5.91 Å². The summed E-state index contributed by atoms with van der Waals surface area (Å²) < 4.78 is 0. The van der Waals surface area contributed by atoms with Crippen molar-refractivity contribution in [3.63, 3.8) is 0 Å². The smallest absolute Gasteiger partial charge is 0.246 e. The zero-order chi connectivity index (χ0) is 12.1. The van der Waals surface area contributed by atoms with Gasteiger partial charge in [0, 0.05) is 12.5 Å². The van der Waals surface area contributed by atoms with Crippen LogP contribution in [0, 0.1) is 0 Å². The molecule has 1 aromatic carbocycles. The van der Waals surface area contributed by atoms with Crippen LogP contribution in [-0.4, -0.2) is 24.1 Å². The summed E-state index contributed by atoms with van der Waals surface area (Å²) in [6.07, 6.45) is 2.02. The third kappa shape index (κ3) is 3.28. The maximum Gasteiger partial charge on any atom is 0.246 e. The van der Waals surface area contributed by atoms with E-state index in [1.54, 1.807) is 0 Å². The lowest BCUT2D eigenvalue weighted by Crippen LogP contribution is -2.27. The standard InChI is InChI=1S/C13H18N2O2/c14-12(11-5-2-1-3-6-11)7-8-13(16)15-9-4-10-17-15/h1-3,5-6,12H,4,7-10,14H2. The summed E-state index contributed by atoms with van der Waals surface area (Å²) in [4.78, 5) is 16.9. The molecule has 1 unspecified atom stereocenters. The summed E-state index contributed by atoms with van der Waals surface area (Å²) in [7, 11) is 0. The van der Waals surface area contributed by atoms with Crippen LogP contribution >= 0.6 is 0 Å². The number of nitrogens with two attached hydrogens (primary N) is 1. The number of benzene rings is 1. The van der Waals surface area contributed by atoms with E-state index in [1.807, 2.05) is 30.3 Å². The van der Waals surface area contributed by atoms with Gasteiger partial charge in [-0.3, -0.25) is 9.63 Å². The Morgan fingerprint density at radius 1 is 1.41 bits per heavy atom. The van der Waals surface area contributed by atoms with Crippen molar-refractivity contribution in [2.75, 3.05) is 13.2 Å². The number of rotatable bonds is 4. The van der Waals surface area contributed by atoms with Crippen LogP contribution in [0.25, 0.3) is 0 Å². The van der Waals surface area contributed by atoms with E-state index in [1.165, 1.54) is 5.06 Å². The largest absolute Gasteiger partial charge is 0.324 e. The lowest BCUT2D eigenvalue weighted by molar-refractivity contribution is -0.168. The molecule has 17 heavy (non-hydrogen) atoms. The van der Waals surface area contributed by atoms with E-state index in [-0.39, 0.29) is 11.9 Å². The van der Waals surface area contributed by atoms with E-state index in [0.717, 1.165) is 12.0 Å².